The van der Waals surface area contributed by atoms with Crippen molar-refractivity contribution >= 4 is 33.0 Å². The molecule has 3 aromatic rings. The Balaban J connectivity index is 1.66. The van der Waals surface area contributed by atoms with Gasteiger partial charge in [-0.1, -0.05) is 24.3 Å². The van der Waals surface area contributed by atoms with Crippen molar-refractivity contribution in [3.05, 3.63) is 77.2 Å². The standard InChI is InChI=1S/C19H18N2O4S2/c1-25-17-9-7-14(8-10-17)13-20-19(22)15-4-2-5-16(12-15)21-27(23,24)18-6-3-11-26-18/h2-12,21H,13H2,1H3,(H,20,22). The molecule has 0 atom stereocenters. The van der Waals surface area contributed by atoms with E-state index in [1.54, 1.807) is 36.8 Å². The van der Waals surface area contributed by atoms with E-state index < -0.39 is 10.0 Å². The summed E-state index contributed by atoms with van der Waals surface area (Å²) in [5.41, 5.74) is 1.63. The summed E-state index contributed by atoms with van der Waals surface area (Å²) in [5.74, 6) is 0.457. The SMILES string of the molecule is COc1ccc(CNC(=O)c2cccc(NS(=O)(=O)c3cccs3)c2)cc1. The first-order chi connectivity index (χ1) is 13.0. The fourth-order valence-electron chi connectivity index (χ4n) is 2.37. The number of benzene rings is 2. The van der Waals surface area contributed by atoms with Crippen LogP contribution in [0.4, 0.5) is 5.69 Å². The monoisotopic (exact) mass is 402 g/mol. The van der Waals surface area contributed by atoms with Gasteiger partial charge in [-0.2, -0.15) is 0 Å². The minimum Gasteiger partial charge on any atom is -0.497 e. The van der Waals surface area contributed by atoms with Crippen LogP contribution in [0.3, 0.4) is 0 Å². The van der Waals surface area contributed by atoms with Crippen molar-refractivity contribution < 1.29 is 17.9 Å². The lowest BCUT2D eigenvalue weighted by Crippen LogP contribution is -2.23. The molecule has 6 nitrogen and oxygen atoms in total. The summed E-state index contributed by atoms with van der Waals surface area (Å²) >= 11 is 1.13. The third-order valence-corrected chi connectivity index (χ3v) is 6.53. The molecule has 0 radical (unpaired) electrons. The van der Waals surface area contributed by atoms with Crippen LogP contribution >= 0.6 is 11.3 Å². The number of ether oxygens (including phenoxy) is 1. The van der Waals surface area contributed by atoms with E-state index in [1.165, 1.54) is 12.1 Å². The van der Waals surface area contributed by atoms with E-state index in [0.29, 0.717) is 17.8 Å². The highest BCUT2D eigenvalue weighted by Gasteiger charge is 2.16. The molecule has 1 heterocycles. The van der Waals surface area contributed by atoms with Gasteiger partial charge < -0.3 is 10.1 Å². The van der Waals surface area contributed by atoms with Gasteiger partial charge in [-0.15, -0.1) is 11.3 Å². The van der Waals surface area contributed by atoms with Crippen LogP contribution in [0.25, 0.3) is 0 Å². The second-order valence-electron chi connectivity index (χ2n) is 5.65. The molecule has 1 amide bonds. The predicted molar refractivity (Wildman–Crippen MR) is 106 cm³/mol. The lowest BCUT2D eigenvalue weighted by Gasteiger charge is -2.09. The van der Waals surface area contributed by atoms with Crippen LogP contribution in [0.1, 0.15) is 15.9 Å². The fraction of sp³-hybridized carbons (Fsp3) is 0.105. The van der Waals surface area contributed by atoms with Gasteiger partial charge >= 0.3 is 0 Å². The molecule has 0 aliphatic rings. The van der Waals surface area contributed by atoms with E-state index in [9.17, 15) is 13.2 Å². The van der Waals surface area contributed by atoms with Gasteiger partial charge in [0.15, 0.2) is 0 Å². The summed E-state index contributed by atoms with van der Waals surface area (Å²) < 4.78 is 32.4. The molecule has 27 heavy (non-hydrogen) atoms. The number of carbonyl (C=O) groups is 1. The molecule has 0 aliphatic heterocycles. The highest BCUT2D eigenvalue weighted by Crippen LogP contribution is 2.21. The van der Waals surface area contributed by atoms with Crippen LogP contribution in [0, 0.1) is 0 Å². The summed E-state index contributed by atoms with van der Waals surface area (Å²) in [6.45, 7) is 0.355. The number of hydrogen-bond acceptors (Lipinski definition) is 5. The molecule has 3 rings (SSSR count). The molecule has 0 spiro atoms. The number of hydrogen-bond donors (Lipinski definition) is 2. The van der Waals surface area contributed by atoms with Gasteiger partial charge in [0.05, 0.1) is 7.11 Å². The molecule has 2 N–H and O–H groups in total. The third kappa shape index (κ3) is 4.87. The molecule has 0 aliphatic carbocycles. The second-order valence-corrected chi connectivity index (χ2v) is 8.51. The number of amides is 1. The highest BCUT2D eigenvalue weighted by atomic mass is 32.2. The van der Waals surface area contributed by atoms with Crippen molar-refractivity contribution in [2.45, 2.75) is 10.8 Å². The van der Waals surface area contributed by atoms with Gasteiger partial charge in [0, 0.05) is 17.8 Å². The number of nitrogens with one attached hydrogen (secondary N) is 2. The number of carbonyl (C=O) groups excluding carboxylic acids is 1. The Morgan fingerprint density at radius 3 is 2.52 bits per heavy atom. The van der Waals surface area contributed by atoms with Crippen molar-refractivity contribution in [3.8, 4) is 5.75 Å². The van der Waals surface area contributed by atoms with E-state index in [4.69, 9.17) is 4.74 Å². The minimum absolute atomic E-state index is 0.219. The summed E-state index contributed by atoms with van der Waals surface area (Å²) in [6, 6.07) is 16.9. The Labute approximate surface area is 161 Å². The van der Waals surface area contributed by atoms with Gasteiger partial charge in [0.1, 0.15) is 9.96 Å². The first kappa shape index (κ1) is 18.9. The van der Waals surface area contributed by atoms with E-state index in [0.717, 1.165) is 22.6 Å². The molecule has 8 heteroatoms. The van der Waals surface area contributed by atoms with Crippen LogP contribution in [0.5, 0.6) is 5.75 Å². The number of thiophene rings is 1. The number of methoxy groups -OCH3 is 1. The largest absolute Gasteiger partial charge is 0.497 e. The van der Waals surface area contributed by atoms with Gasteiger partial charge in [-0.05, 0) is 47.3 Å². The maximum absolute atomic E-state index is 12.4. The summed E-state index contributed by atoms with van der Waals surface area (Å²) in [6.07, 6.45) is 0. The van der Waals surface area contributed by atoms with Crippen LogP contribution in [0.2, 0.25) is 0 Å². The van der Waals surface area contributed by atoms with Crippen molar-refractivity contribution in [2.24, 2.45) is 0 Å². The average Bonchev–Trinajstić information content (AvgIpc) is 3.22. The Bertz CT molecular complexity index is 1010. The normalized spacial score (nSPS) is 11.0. The Morgan fingerprint density at radius 1 is 1.07 bits per heavy atom. The fourth-order valence-corrected chi connectivity index (χ4v) is 4.42. The van der Waals surface area contributed by atoms with Crippen molar-refractivity contribution in [3.63, 3.8) is 0 Å². The maximum atomic E-state index is 12.4. The van der Waals surface area contributed by atoms with E-state index in [2.05, 4.69) is 10.0 Å². The average molecular weight is 402 g/mol. The maximum Gasteiger partial charge on any atom is 0.271 e. The Hall–Kier alpha value is -2.84. The quantitative estimate of drug-likeness (QED) is 0.634. The van der Waals surface area contributed by atoms with Crippen LogP contribution in [-0.2, 0) is 16.6 Å². The molecular weight excluding hydrogens is 384 g/mol. The zero-order valence-corrected chi connectivity index (χ0v) is 16.1. The first-order valence-corrected chi connectivity index (χ1v) is 10.4. The predicted octanol–water partition coefficient (Wildman–Crippen LogP) is 3.49. The molecular formula is C19H18N2O4S2. The van der Waals surface area contributed by atoms with Crippen molar-refractivity contribution in [2.75, 3.05) is 11.8 Å². The summed E-state index contributed by atoms with van der Waals surface area (Å²) in [7, 11) is -2.06. The van der Waals surface area contributed by atoms with Gasteiger partial charge in [-0.25, -0.2) is 8.42 Å². The number of rotatable bonds is 7. The van der Waals surface area contributed by atoms with Crippen LogP contribution in [-0.4, -0.2) is 21.4 Å². The Morgan fingerprint density at radius 2 is 1.85 bits per heavy atom. The smallest absolute Gasteiger partial charge is 0.271 e. The summed E-state index contributed by atoms with van der Waals surface area (Å²) in [5, 5.41) is 4.51. The molecule has 0 fully saturated rings. The van der Waals surface area contributed by atoms with Gasteiger partial charge in [-0.3, -0.25) is 9.52 Å². The molecule has 1 aromatic heterocycles. The van der Waals surface area contributed by atoms with Crippen molar-refractivity contribution in [1.82, 2.24) is 5.32 Å². The van der Waals surface area contributed by atoms with Crippen LogP contribution in [0.15, 0.2) is 70.3 Å². The number of sulfonamides is 1. The van der Waals surface area contributed by atoms with E-state index >= 15 is 0 Å². The van der Waals surface area contributed by atoms with Gasteiger partial charge in [0.25, 0.3) is 15.9 Å². The van der Waals surface area contributed by atoms with Crippen LogP contribution < -0.4 is 14.8 Å². The Kier molecular flexibility index (Phi) is 5.78. The second kappa shape index (κ2) is 8.24. The van der Waals surface area contributed by atoms with Crippen molar-refractivity contribution in [1.29, 1.82) is 0 Å². The molecule has 140 valence electrons. The summed E-state index contributed by atoms with van der Waals surface area (Å²) in [4.78, 5) is 12.4. The molecule has 2 aromatic carbocycles. The topological polar surface area (TPSA) is 84.5 Å². The molecule has 0 bridgehead atoms. The third-order valence-electron chi connectivity index (χ3n) is 3.75. The molecule has 0 saturated carbocycles. The molecule has 0 unspecified atom stereocenters. The minimum atomic E-state index is -3.65. The van der Waals surface area contributed by atoms with E-state index in [-0.39, 0.29) is 10.1 Å². The first-order valence-electron chi connectivity index (χ1n) is 8.05. The van der Waals surface area contributed by atoms with Gasteiger partial charge in [0.2, 0.25) is 0 Å². The zero-order chi connectivity index (χ0) is 19.3. The zero-order valence-electron chi connectivity index (χ0n) is 14.5. The lowest BCUT2D eigenvalue weighted by molar-refractivity contribution is 0.0951. The molecule has 0 saturated heterocycles. The lowest BCUT2D eigenvalue weighted by atomic mass is 10.1. The van der Waals surface area contributed by atoms with E-state index in [1.807, 2.05) is 24.3 Å². The highest BCUT2D eigenvalue weighted by molar-refractivity contribution is 7.94. The number of anilines is 1.